The second-order valence-corrected chi connectivity index (χ2v) is 6.30. The summed E-state index contributed by atoms with van der Waals surface area (Å²) in [6.07, 6.45) is 6.03. The molecule has 0 saturated heterocycles. The molecule has 1 aliphatic rings. The predicted octanol–water partition coefficient (Wildman–Crippen LogP) is 4.08. The van der Waals surface area contributed by atoms with Crippen molar-refractivity contribution in [2.24, 2.45) is 11.7 Å². The van der Waals surface area contributed by atoms with Gasteiger partial charge in [0.05, 0.1) is 5.69 Å². The fourth-order valence-electron chi connectivity index (χ4n) is 3.02. The number of rotatable bonds is 6. The quantitative estimate of drug-likeness (QED) is 0.849. The van der Waals surface area contributed by atoms with Gasteiger partial charge in [-0.05, 0) is 42.9 Å². The molecule has 0 spiro atoms. The fourth-order valence-corrected chi connectivity index (χ4v) is 3.02. The highest BCUT2D eigenvalue weighted by Gasteiger charge is 2.24. The van der Waals surface area contributed by atoms with E-state index in [1.54, 1.807) is 6.07 Å². The van der Waals surface area contributed by atoms with Crippen molar-refractivity contribution in [1.82, 2.24) is 0 Å². The Balaban J connectivity index is 2.20. The molecule has 1 aliphatic carbocycles. The van der Waals surface area contributed by atoms with Gasteiger partial charge >= 0.3 is 0 Å². The molecular weight excluding hydrogens is 251 g/mol. The van der Waals surface area contributed by atoms with Crippen LogP contribution in [-0.2, 0) is 6.54 Å². The summed E-state index contributed by atoms with van der Waals surface area (Å²) in [4.78, 5) is 2.29. The molecule has 1 aromatic rings. The first kappa shape index (κ1) is 15.3. The fraction of sp³-hybridized carbons (Fsp3) is 0.647. The van der Waals surface area contributed by atoms with Gasteiger partial charge in [-0.25, -0.2) is 4.39 Å². The highest BCUT2D eigenvalue weighted by molar-refractivity contribution is 5.50. The van der Waals surface area contributed by atoms with E-state index in [9.17, 15) is 4.39 Å². The molecule has 0 atom stereocenters. The minimum atomic E-state index is -0.122. The molecule has 1 aromatic carbocycles. The van der Waals surface area contributed by atoms with Crippen molar-refractivity contribution in [3.8, 4) is 0 Å². The van der Waals surface area contributed by atoms with E-state index in [1.165, 1.54) is 25.7 Å². The van der Waals surface area contributed by atoms with Crippen molar-refractivity contribution in [3.05, 3.63) is 29.6 Å². The molecule has 1 saturated carbocycles. The molecule has 0 bridgehead atoms. The van der Waals surface area contributed by atoms with Gasteiger partial charge in [0.2, 0.25) is 0 Å². The number of nitrogens with zero attached hydrogens (tertiary/aromatic N) is 1. The monoisotopic (exact) mass is 278 g/mol. The Labute approximate surface area is 122 Å². The van der Waals surface area contributed by atoms with E-state index in [4.69, 9.17) is 5.73 Å². The standard InChI is InChI=1S/C17H27FN2/c1-13(2)9-10-20(15-5-3-4-6-15)17-8-7-14(12-19)11-16(17)18/h7-8,11,13,15H,3-6,9-10,12,19H2,1-2H3. The van der Waals surface area contributed by atoms with E-state index in [0.29, 0.717) is 18.5 Å². The molecule has 0 aliphatic heterocycles. The van der Waals surface area contributed by atoms with Gasteiger partial charge in [0.25, 0.3) is 0 Å². The summed E-state index contributed by atoms with van der Waals surface area (Å²) < 4.78 is 14.4. The first-order chi connectivity index (χ1) is 9.61. The van der Waals surface area contributed by atoms with E-state index in [1.807, 2.05) is 12.1 Å². The van der Waals surface area contributed by atoms with Crippen LogP contribution in [0.4, 0.5) is 10.1 Å². The van der Waals surface area contributed by atoms with E-state index < -0.39 is 0 Å². The molecule has 0 radical (unpaired) electrons. The van der Waals surface area contributed by atoms with E-state index >= 15 is 0 Å². The van der Waals surface area contributed by atoms with Gasteiger partial charge in [0.15, 0.2) is 0 Å². The molecule has 0 amide bonds. The van der Waals surface area contributed by atoms with Crippen LogP contribution in [0.25, 0.3) is 0 Å². The first-order valence-corrected chi connectivity index (χ1v) is 7.87. The Kier molecular flexibility index (Phi) is 5.41. The second kappa shape index (κ2) is 7.07. The third-order valence-electron chi connectivity index (χ3n) is 4.27. The van der Waals surface area contributed by atoms with Crippen LogP contribution in [0.3, 0.4) is 0 Å². The van der Waals surface area contributed by atoms with Gasteiger partial charge in [0.1, 0.15) is 5.82 Å². The maximum Gasteiger partial charge on any atom is 0.146 e. The third-order valence-corrected chi connectivity index (χ3v) is 4.27. The third kappa shape index (κ3) is 3.72. The first-order valence-electron chi connectivity index (χ1n) is 7.87. The minimum absolute atomic E-state index is 0.122. The van der Waals surface area contributed by atoms with Crippen LogP contribution in [0.15, 0.2) is 18.2 Å². The molecule has 0 unspecified atom stereocenters. The van der Waals surface area contributed by atoms with Crippen molar-refractivity contribution in [2.75, 3.05) is 11.4 Å². The molecule has 3 heteroatoms. The minimum Gasteiger partial charge on any atom is -0.366 e. The SMILES string of the molecule is CC(C)CCN(c1ccc(CN)cc1F)C1CCCC1. The summed E-state index contributed by atoms with van der Waals surface area (Å²) in [6.45, 7) is 5.79. The largest absolute Gasteiger partial charge is 0.366 e. The summed E-state index contributed by atoms with van der Waals surface area (Å²) in [5.41, 5.74) is 7.21. The maximum atomic E-state index is 14.4. The Bertz CT molecular complexity index is 425. The molecule has 0 aromatic heterocycles. The molecule has 2 rings (SSSR count). The summed E-state index contributed by atoms with van der Waals surface area (Å²) in [5.74, 6) is 0.522. The number of hydrogen-bond acceptors (Lipinski definition) is 2. The van der Waals surface area contributed by atoms with Crippen molar-refractivity contribution in [1.29, 1.82) is 0 Å². The Morgan fingerprint density at radius 1 is 1.30 bits per heavy atom. The number of hydrogen-bond donors (Lipinski definition) is 1. The van der Waals surface area contributed by atoms with Crippen LogP contribution >= 0.6 is 0 Å². The molecule has 1 fully saturated rings. The number of anilines is 1. The summed E-state index contributed by atoms with van der Waals surface area (Å²) in [5, 5.41) is 0. The zero-order valence-corrected chi connectivity index (χ0v) is 12.7. The second-order valence-electron chi connectivity index (χ2n) is 6.30. The highest BCUT2D eigenvalue weighted by atomic mass is 19.1. The zero-order valence-electron chi connectivity index (χ0n) is 12.7. The van der Waals surface area contributed by atoms with Gasteiger partial charge in [-0.1, -0.05) is 32.8 Å². The van der Waals surface area contributed by atoms with E-state index in [-0.39, 0.29) is 5.82 Å². The molecular formula is C17H27FN2. The maximum absolute atomic E-state index is 14.4. The molecule has 20 heavy (non-hydrogen) atoms. The lowest BCUT2D eigenvalue weighted by atomic mass is 10.1. The van der Waals surface area contributed by atoms with E-state index in [2.05, 4.69) is 18.7 Å². The predicted molar refractivity (Wildman–Crippen MR) is 83.3 cm³/mol. The number of halogens is 1. The number of benzene rings is 1. The smallest absolute Gasteiger partial charge is 0.146 e. The molecule has 2 nitrogen and oxygen atoms in total. The lowest BCUT2D eigenvalue weighted by Gasteiger charge is -2.32. The van der Waals surface area contributed by atoms with Crippen LogP contribution in [0.2, 0.25) is 0 Å². The number of nitrogens with two attached hydrogens (primary N) is 1. The molecule has 0 heterocycles. The lowest BCUT2D eigenvalue weighted by molar-refractivity contribution is 0.516. The van der Waals surface area contributed by atoms with Crippen LogP contribution in [0.5, 0.6) is 0 Å². The van der Waals surface area contributed by atoms with Crippen molar-refractivity contribution in [2.45, 2.75) is 58.5 Å². The van der Waals surface area contributed by atoms with Gasteiger partial charge in [0, 0.05) is 19.1 Å². The summed E-state index contributed by atoms with van der Waals surface area (Å²) in [6, 6.07) is 5.96. The van der Waals surface area contributed by atoms with Gasteiger partial charge in [-0.15, -0.1) is 0 Å². The summed E-state index contributed by atoms with van der Waals surface area (Å²) in [7, 11) is 0. The van der Waals surface area contributed by atoms with Gasteiger partial charge in [-0.3, -0.25) is 0 Å². The molecule has 2 N–H and O–H groups in total. The van der Waals surface area contributed by atoms with Crippen molar-refractivity contribution >= 4 is 5.69 Å². The summed E-state index contributed by atoms with van der Waals surface area (Å²) >= 11 is 0. The van der Waals surface area contributed by atoms with Crippen LogP contribution in [0.1, 0.15) is 51.5 Å². The Hall–Kier alpha value is -1.09. The molecule has 112 valence electrons. The van der Waals surface area contributed by atoms with Crippen LogP contribution < -0.4 is 10.6 Å². The Morgan fingerprint density at radius 3 is 2.55 bits per heavy atom. The van der Waals surface area contributed by atoms with Crippen molar-refractivity contribution < 1.29 is 4.39 Å². The topological polar surface area (TPSA) is 29.3 Å². The van der Waals surface area contributed by atoms with Crippen LogP contribution in [-0.4, -0.2) is 12.6 Å². The van der Waals surface area contributed by atoms with E-state index in [0.717, 1.165) is 24.2 Å². The zero-order chi connectivity index (χ0) is 14.5. The lowest BCUT2D eigenvalue weighted by Crippen LogP contribution is -2.35. The van der Waals surface area contributed by atoms with Crippen LogP contribution in [0, 0.1) is 11.7 Å². The Morgan fingerprint density at radius 2 is 2.00 bits per heavy atom. The average Bonchev–Trinajstić information content (AvgIpc) is 2.94. The highest BCUT2D eigenvalue weighted by Crippen LogP contribution is 2.31. The van der Waals surface area contributed by atoms with Gasteiger partial charge in [-0.2, -0.15) is 0 Å². The average molecular weight is 278 g/mol. The normalized spacial score (nSPS) is 16.1. The van der Waals surface area contributed by atoms with Gasteiger partial charge < -0.3 is 10.6 Å². The van der Waals surface area contributed by atoms with Crippen molar-refractivity contribution in [3.63, 3.8) is 0 Å².